The molecule has 12 heteroatoms. The summed E-state index contributed by atoms with van der Waals surface area (Å²) < 4.78 is 76.6. The average Bonchev–Trinajstić information content (AvgIpc) is 2.48. The highest BCUT2D eigenvalue weighted by Crippen LogP contribution is 2.36. The van der Waals surface area contributed by atoms with Gasteiger partial charge in [-0.1, -0.05) is 0 Å². The molecule has 4 nitrogen and oxygen atoms in total. The third-order valence-corrected chi connectivity index (χ3v) is 3.37. The molecule has 2 unspecified atom stereocenters. The Kier molecular flexibility index (Phi) is 11.3. The molecule has 0 spiro atoms. The smallest absolute Gasteiger partial charge is 0.350 e. The van der Waals surface area contributed by atoms with Crippen molar-refractivity contribution in [2.24, 2.45) is 11.5 Å². The molecular weight excluding hydrogens is 423 g/mol. The third-order valence-electron chi connectivity index (χ3n) is 3.37. The molecule has 0 bridgehead atoms. The van der Waals surface area contributed by atoms with Crippen molar-refractivity contribution < 1.29 is 31.1 Å². The molecule has 0 aliphatic rings. The van der Waals surface area contributed by atoms with Crippen LogP contribution in [-0.4, -0.2) is 24.5 Å². The zero-order valence-corrected chi connectivity index (χ0v) is 15.8. The number of hydrogen-bond donors (Lipinski definition) is 3. The molecular formula is C15H21Cl2F6N3O. The van der Waals surface area contributed by atoms with Gasteiger partial charge in [0.25, 0.3) is 5.91 Å². The molecule has 5 N–H and O–H groups in total. The number of nitrogens with one attached hydrogen (secondary N) is 1. The average molecular weight is 444 g/mol. The molecule has 0 aliphatic heterocycles. The molecule has 0 saturated heterocycles. The predicted octanol–water partition coefficient (Wildman–Crippen LogP) is 3.75. The summed E-state index contributed by atoms with van der Waals surface area (Å²) in [5.74, 6) is -1.06. The second kappa shape index (κ2) is 10.9. The zero-order chi connectivity index (χ0) is 19.4. The number of alkyl halides is 6. The minimum atomic E-state index is -5.01. The molecule has 0 fully saturated rings. The highest BCUT2D eigenvalue weighted by Gasteiger charge is 2.37. The Morgan fingerprint density at radius 2 is 1.41 bits per heavy atom. The number of halogens is 8. The van der Waals surface area contributed by atoms with Crippen molar-refractivity contribution in [2.75, 3.05) is 6.54 Å². The lowest BCUT2D eigenvalue weighted by molar-refractivity contribution is -0.143. The fourth-order valence-corrected chi connectivity index (χ4v) is 1.99. The summed E-state index contributed by atoms with van der Waals surface area (Å²) >= 11 is 0. The summed E-state index contributed by atoms with van der Waals surface area (Å²) in [6, 6.07) is 0.0868. The number of amides is 1. The maximum Gasteiger partial charge on any atom is 0.416 e. The molecule has 0 saturated carbocycles. The van der Waals surface area contributed by atoms with Crippen molar-refractivity contribution in [1.82, 2.24) is 5.32 Å². The number of benzene rings is 1. The first kappa shape index (κ1) is 28.0. The van der Waals surface area contributed by atoms with E-state index in [0.29, 0.717) is 25.0 Å². The standard InChI is InChI=1S/C15H19F6N3O.2ClH/c1-8(22)2-3-12(23)7-24-13(25)9-4-10(14(16,17)18)6-11(5-9)15(19,20)21;;/h4-6,8,12H,2-3,7,22-23H2,1H3,(H,24,25);2*1H. The Hall–Kier alpha value is -1.23. The van der Waals surface area contributed by atoms with Crippen LogP contribution in [0.5, 0.6) is 0 Å². The van der Waals surface area contributed by atoms with Gasteiger partial charge in [0.2, 0.25) is 0 Å². The first-order chi connectivity index (χ1) is 11.3. The normalized spacial score (nSPS) is 13.8. The quantitative estimate of drug-likeness (QED) is 0.585. The maximum absolute atomic E-state index is 12.8. The minimum absolute atomic E-state index is 0. The summed E-state index contributed by atoms with van der Waals surface area (Å²) in [4.78, 5) is 11.9. The van der Waals surface area contributed by atoms with Gasteiger partial charge in [0, 0.05) is 24.2 Å². The topological polar surface area (TPSA) is 81.1 Å². The van der Waals surface area contributed by atoms with Gasteiger partial charge in [-0.2, -0.15) is 26.3 Å². The molecule has 1 aromatic rings. The van der Waals surface area contributed by atoms with E-state index in [2.05, 4.69) is 5.32 Å². The molecule has 0 aliphatic carbocycles. The van der Waals surface area contributed by atoms with Crippen molar-refractivity contribution >= 4 is 30.7 Å². The number of carbonyl (C=O) groups is 1. The number of rotatable bonds is 6. The van der Waals surface area contributed by atoms with Crippen LogP contribution in [0.2, 0.25) is 0 Å². The van der Waals surface area contributed by atoms with Gasteiger partial charge in [0.1, 0.15) is 0 Å². The van der Waals surface area contributed by atoms with E-state index in [-0.39, 0.29) is 43.5 Å². The van der Waals surface area contributed by atoms with E-state index in [0.717, 1.165) is 0 Å². The van der Waals surface area contributed by atoms with E-state index in [1.807, 2.05) is 0 Å². The van der Waals surface area contributed by atoms with Crippen LogP contribution in [0.1, 0.15) is 41.3 Å². The molecule has 2 atom stereocenters. The SMILES string of the molecule is CC(N)CCC(N)CNC(=O)c1cc(C(F)(F)F)cc(C(F)(F)F)c1.Cl.Cl. The summed E-state index contributed by atoms with van der Waals surface area (Å²) in [5, 5.41) is 2.24. The Morgan fingerprint density at radius 3 is 1.78 bits per heavy atom. The van der Waals surface area contributed by atoms with E-state index in [9.17, 15) is 31.1 Å². The van der Waals surface area contributed by atoms with Crippen LogP contribution in [0.15, 0.2) is 18.2 Å². The van der Waals surface area contributed by atoms with Gasteiger partial charge < -0.3 is 16.8 Å². The van der Waals surface area contributed by atoms with E-state index < -0.39 is 41.0 Å². The highest BCUT2D eigenvalue weighted by molar-refractivity contribution is 5.94. The van der Waals surface area contributed by atoms with Gasteiger partial charge in [0.15, 0.2) is 0 Å². The van der Waals surface area contributed by atoms with Gasteiger partial charge >= 0.3 is 12.4 Å². The number of nitrogens with two attached hydrogens (primary N) is 2. The zero-order valence-electron chi connectivity index (χ0n) is 14.2. The largest absolute Gasteiger partial charge is 0.416 e. The van der Waals surface area contributed by atoms with Crippen molar-refractivity contribution in [3.05, 3.63) is 34.9 Å². The first-order valence-electron chi connectivity index (χ1n) is 7.39. The van der Waals surface area contributed by atoms with Crippen LogP contribution in [0, 0.1) is 0 Å². The Bertz CT molecular complexity index is 576. The third kappa shape index (κ3) is 9.50. The van der Waals surface area contributed by atoms with E-state index >= 15 is 0 Å². The molecule has 1 rings (SSSR count). The molecule has 1 amide bonds. The van der Waals surface area contributed by atoms with Crippen molar-refractivity contribution in [2.45, 2.75) is 44.2 Å². The van der Waals surface area contributed by atoms with Crippen LogP contribution >= 0.6 is 24.8 Å². The summed E-state index contributed by atoms with van der Waals surface area (Å²) in [7, 11) is 0. The lowest BCUT2D eigenvalue weighted by Crippen LogP contribution is -2.38. The van der Waals surface area contributed by atoms with Crippen LogP contribution in [0.4, 0.5) is 26.3 Å². The van der Waals surface area contributed by atoms with Crippen LogP contribution < -0.4 is 16.8 Å². The van der Waals surface area contributed by atoms with E-state index in [1.165, 1.54) is 0 Å². The molecule has 0 aromatic heterocycles. The Balaban J connectivity index is 0. The van der Waals surface area contributed by atoms with E-state index in [4.69, 9.17) is 11.5 Å². The Labute approximate surface area is 164 Å². The van der Waals surface area contributed by atoms with Crippen LogP contribution in [0.3, 0.4) is 0 Å². The molecule has 27 heavy (non-hydrogen) atoms. The van der Waals surface area contributed by atoms with E-state index in [1.54, 1.807) is 6.92 Å². The van der Waals surface area contributed by atoms with Gasteiger partial charge in [-0.25, -0.2) is 0 Å². The minimum Gasteiger partial charge on any atom is -0.350 e. The van der Waals surface area contributed by atoms with Crippen LogP contribution in [0.25, 0.3) is 0 Å². The van der Waals surface area contributed by atoms with Gasteiger partial charge in [-0.15, -0.1) is 24.8 Å². The highest BCUT2D eigenvalue weighted by atomic mass is 35.5. The fraction of sp³-hybridized carbons (Fsp3) is 0.533. The lowest BCUT2D eigenvalue weighted by Gasteiger charge is -2.16. The second-order valence-corrected chi connectivity index (χ2v) is 5.82. The number of carbonyl (C=O) groups excluding carboxylic acids is 1. The molecule has 158 valence electrons. The summed E-state index contributed by atoms with van der Waals surface area (Å²) in [6.07, 6.45) is -9.00. The molecule has 1 aromatic carbocycles. The lowest BCUT2D eigenvalue weighted by atomic mass is 10.0. The van der Waals surface area contributed by atoms with Gasteiger partial charge in [-0.05, 0) is 38.0 Å². The fourth-order valence-electron chi connectivity index (χ4n) is 1.99. The van der Waals surface area contributed by atoms with Crippen molar-refractivity contribution in [3.8, 4) is 0 Å². The van der Waals surface area contributed by atoms with Gasteiger partial charge in [0.05, 0.1) is 11.1 Å². The van der Waals surface area contributed by atoms with Crippen molar-refractivity contribution in [3.63, 3.8) is 0 Å². The molecule has 0 heterocycles. The molecule has 0 radical (unpaired) electrons. The van der Waals surface area contributed by atoms with Crippen LogP contribution in [-0.2, 0) is 12.4 Å². The second-order valence-electron chi connectivity index (χ2n) is 5.82. The monoisotopic (exact) mass is 443 g/mol. The van der Waals surface area contributed by atoms with Gasteiger partial charge in [-0.3, -0.25) is 4.79 Å². The summed E-state index contributed by atoms with van der Waals surface area (Å²) in [5.41, 5.74) is 7.43. The summed E-state index contributed by atoms with van der Waals surface area (Å²) in [6.45, 7) is 1.66. The first-order valence-corrected chi connectivity index (χ1v) is 7.39. The maximum atomic E-state index is 12.8. The Morgan fingerprint density at radius 1 is 0.963 bits per heavy atom. The number of hydrogen-bond acceptors (Lipinski definition) is 3. The predicted molar refractivity (Wildman–Crippen MR) is 94.1 cm³/mol. The van der Waals surface area contributed by atoms with Crippen molar-refractivity contribution in [1.29, 1.82) is 0 Å².